The van der Waals surface area contributed by atoms with Gasteiger partial charge in [-0.05, 0) is 58.9 Å². The number of rotatable bonds is 0. The van der Waals surface area contributed by atoms with Crippen molar-refractivity contribution < 1.29 is 5.11 Å². The fourth-order valence-corrected chi connectivity index (χ4v) is 2.00. The van der Waals surface area contributed by atoms with E-state index in [0.717, 1.165) is 39.0 Å². The Kier molecular flexibility index (Phi) is 28.8. The molecule has 2 heterocycles. The van der Waals surface area contributed by atoms with Crippen LogP contribution in [0.1, 0.15) is 88.0 Å². The summed E-state index contributed by atoms with van der Waals surface area (Å²) in [6, 6.07) is 0. The Morgan fingerprint density at radius 3 is 1.28 bits per heavy atom. The first-order chi connectivity index (χ1) is 11.8. The Labute approximate surface area is 163 Å². The second-order valence-corrected chi connectivity index (χ2v) is 5.81. The molecule has 2 aliphatic heterocycles. The molecule has 5 heteroatoms. The van der Waals surface area contributed by atoms with Crippen LogP contribution in [0.4, 0.5) is 0 Å². The maximum Gasteiger partial charge on any atom is 0.113 e. The van der Waals surface area contributed by atoms with Crippen molar-refractivity contribution >= 4 is 15.7 Å². The van der Waals surface area contributed by atoms with Crippen LogP contribution in [-0.4, -0.2) is 64.4 Å². The summed E-state index contributed by atoms with van der Waals surface area (Å²) < 4.78 is 0. The third-order valence-corrected chi connectivity index (χ3v) is 3.60. The molecule has 3 nitrogen and oxygen atoms in total. The van der Waals surface area contributed by atoms with Gasteiger partial charge in [-0.2, -0.15) is 0 Å². The van der Waals surface area contributed by atoms with Crippen LogP contribution in [-0.2, 0) is 0 Å². The van der Waals surface area contributed by atoms with Crippen molar-refractivity contribution in [2.45, 2.75) is 98.8 Å². The molecule has 0 amide bonds. The number of nitrogens with one attached hydrogen (secondary N) is 1. The second-order valence-electron chi connectivity index (χ2n) is 5.81. The summed E-state index contributed by atoms with van der Waals surface area (Å²) in [7, 11) is 13.3. The average molecular weight is 354 g/mol. The topological polar surface area (TPSA) is 35.5 Å². The first-order valence-corrected chi connectivity index (χ1v) is 10.5. The highest BCUT2D eigenvalue weighted by Crippen LogP contribution is 2.30. The van der Waals surface area contributed by atoms with Crippen molar-refractivity contribution in [1.82, 2.24) is 10.2 Å². The van der Waals surface area contributed by atoms with Gasteiger partial charge in [0.25, 0.3) is 0 Å². The summed E-state index contributed by atoms with van der Waals surface area (Å²) in [4.78, 5) is 2.17. The highest BCUT2D eigenvalue weighted by atomic mass is 16.3. The molecule has 2 saturated heterocycles. The number of nitrogens with zero attached hydrogens (tertiary/aromatic N) is 1. The van der Waals surface area contributed by atoms with Crippen LogP contribution in [0, 0.1) is 0 Å². The van der Waals surface area contributed by atoms with Gasteiger partial charge < -0.3 is 15.3 Å². The van der Waals surface area contributed by atoms with Gasteiger partial charge in [0.2, 0.25) is 0 Å². The lowest BCUT2D eigenvalue weighted by Gasteiger charge is -2.33. The van der Waals surface area contributed by atoms with E-state index >= 15 is 0 Å². The molecule has 0 bridgehead atoms. The lowest BCUT2D eigenvalue weighted by atomic mass is 9.65. The summed E-state index contributed by atoms with van der Waals surface area (Å²) >= 11 is 0. The lowest BCUT2D eigenvalue weighted by molar-refractivity contribution is 0.0564. The minimum Gasteiger partial charge on any atom is -0.400 e. The van der Waals surface area contributed by atoms with Gasteiger partial charge in [-0.3, -0.25) is 0 Å². The van der Waals surface area contributed by atoms with E-state index in [4.69, 9.17) is 15.7 Å². The van der Waals surface area contributed by atoms with Gasteiger partial charge in [0.15, 0.2) is 0 Å². The fraction of sp³-hybridized carbons (Fsp3) is 1.00. The third-order valence-electron chi connectivity index (χ3n) is 3.60. The molecule has 2 fully saturated rings. The molecule has 0 saturated carbocycles. The average Bonchev–Trinajstić information content (AvgIpc) is 2.65. The lowest BCUT2D eigenvalue weighted by Crippen LogP contribution is -2.42. The highest BCUT2D eigenvalue weighted by molar-refractivity contribution is 6.15. The summed E-state index contributed by atoms with van der Waals surface area (Å²) in [5, 5.41) is 12.6. The van der Waals surface area contributed by atoms with Gasteiger partial charge in [0, 0.05) is 5.50 Å². The molecule has 0 aromatic heterocycles. The van der Waals surface area contributed by atoms with Gasteiger partial charge in [0.05, 0.1) is 7.85 Å². The zero-order chi connectivity index (χ0) is 20.9. The fourth-order valence-electron chi connectivity index (χ4n) is 2.00. The molecule has 2 aliphatic rings. The summed E-state index contributed by atoms with van der Waals surface area (Å²) in [6.45, 7) is 22.1. The molecular weight excluding hydrogens is 306 g/mol. The van der Waals surface area contributed by atoms with E-state index in [1.807, 2.05) is 62.4 Å². The summed E-state index contributed by atoms with van der Waals surface area (Å²) in [6.07, 6.45) is 3.63. The monoisotopic (exact) mass is 354 g/mol. The van der Waals surface area contributed by atoms with Crippen molar-refractivity contribution in [2.75, 3.05) is 33.2 Å². The SMILES string of the molecule is CC.CC.CC.CC.[B]C1(C)CCNCC1.[B]C1(O)CCN(C)CC1. The highest BCUT2D eigenvalue weighted by Gasteiger charge is 2.24. The number of piperidine rings is 2. The van der Waals surface area contributed by atoms with Crippen LogP contribution < -0.4 is 5.32 Å². The molecule has 0 atom stereocenters. The molecule has 0 spiro atoms. The third kappa shape index (κ3) is 24.0. The quantitative estimate of drug-likeness (QED) is 0.634. The number of hydrogen-bond donors (Lipinski definition) is 2. The molecule has 4 radical (unpaired) electrons. The van der Waals surface area contributed by atoms with E-state index in [-0.39, 0.29) is 5.31 Å². The zero-order valence-electron chi connectivity index (χ0n) is 19.2. The Balaban J connectivity index is -0.000000127. The van der Waals surface area contributed by atoms with Crippen LogP contribution in [0.3, 0.4) is 0 Å². The molecule has 25 heavy (non-hydrogen) atoms. The van der Waals surface area contributed by atoms with Crippen molar-refractivity contribution in [3.8, 4) is 0 Å². The van der Waals surface area contributed by atoms with Crippen molar-refractivity contribution in [3.63, 3.8) is 0 Å². The molecule has 150 valence electrons. The maximum absolute atomic E-state index is 9.24. The number of hydrogen-bond acceptors (Lipinski definition) is 3. The molecule has 0 aromatic carbocycles. The predicted molar refractivity (Wildman–Crippen MR) is 119 cm³/mol. The number of likely N-dealkylation sites (tertiary alicyclic amines) is 1. The van der Waals surface area contributed by atoms with Gasteiger partial charge in [-0.15, -0.1) is 0 Å². The van der Waals surface area contributed by atoms with E-state index in [9.17, 15) is 5.11 Å². The van der Waals surface area contributed by atoms with Crippen LogP contribution in [0.5, 0.6) is 0 Å². The first-order valence-electron chi connectivity index (χ1n) is 10.5. The summed E-state index contributed by atoms with van der Waals surface area (Å²) in [5.74, 6) is 0. The Hall–Kier alpha value is 0.00987. The summed E-state index contributed by atoms with van der Waals surface area (Å²) in [5.41, 5.74) is -0.882. The number of aliphatic hydroxyl groups is 1. The van der Waals surface area contributed by atoms with Gasteiger partial charge in [0.1, 0.15) is 7.85 Å². The van der Waals surface area contributed by atoms with Crippen LogP contribution in [0.15, 0.2) is 0 Å². The molecule has 2 rings (SSSR count). The second kappa shape index (κ2) is 22.1. The largest absolute Gasteiger partial charge is 0.400 e. The van der Waals surface area contributed by atoms with E-state index < -0.39 is 5.50 Å². The van der Waals surface area contributed by atoms with Gasteiger partial charge >= 0.3 is 0 Å². The van der Waals surface area contributed by atoms with Crippen molar-refractivity contribution in [3.05, 3.63) is 0 Å². The minimum absolute atomic E-state index is 0.116. The van der Waals surface area contributed by atoms with Gasteiger partial charge in [-0.1, -0.05) is 67.6 Å². The van der Waals surface area contributed by atoms with Crippen LogP contribution in [0.2, 0.25) is 5.31 Å². The molecule has 0 aliphatic carbocycles. The van der Waals surface area contributed by atoms with E-state index in [0.29, 0.717) is 12.8 Å². The van der Waals surface area contributed by atoms with Crippen molar-refractivity contribution in [2.24, 2.45) is 0 Å². The van der Waals surface area contributed by atoms with Crippen molar-refractivity contribution in [1.29, 1.82) is 0 Å². The van der Waals surface area contributed by atoms with E-state index in [2.05, 4.69) is 17.1 Å². The standard InChI is InChI=1S/C6H12BNO.C6H12BN.4C2H6/c1-8-4-2-6(7,9)3-5-8;1-6(7)2-4-8-5-3-6;4*1-2/h9H,2-5H2,1H3;8H,2-5H2,1H3;4*1-2H3. The zero-order valence-corrected chi connectivity index (χ0v) is 19.2. The first kappa shape index (κ1) is 32.7. The maximum atomic E-state index is 9.24. The van der Waals surface area contributed by atoms with E-state index in [1.54, 1.807) is 0 Å². The molecule has 0 unspecified atom stereocenters. The predicted octanol–water partition coefficient (Wildman–Crippen LogP) is 4.39. The van der Waals surface area contributed by atoms with Crippen LogP contribution in [0.25, 0.3) is 0 Å². The normalized spacial score (nSPS) is 20.0. The molecular formula is C20H48B2N2O. The Morgan fingerprint density at radius 2 is 1.08 bits per heavy atom. The van der Waals surface area contributed by atoms with E-state index in [1.165, 1.54) is 0 Å². The molecule has 0 aromatic rings. The molecule has 2 N–H and O–H groups in total. The van der Waals surface area contributed by atoms with Gasteiger partial charge in [-0.25, -0.2) is 0 Å². The Bertz CT molecular complexity index is 220. The Morgan fingerprint density at radius 1 is 0.760 bits per heavy atom. The van der Waals surface area contributed by atoms with Crippen LogP contribution >= 0.6 is 0 Å². The minimum atomic E-state index is -0.882. The smallest absolute Gasteiger partial charge is 0.113 e.